The van der Waals surface area contributed by atoms with Crippen LogP contribution in [0.3, 0.4) is 0 Å². The van der Waals surface area contributed by atoms with Gasteiger partial charge in [-0.05, 0) is 68.5 Å². The molecule has 1 atom stereocenters. The van der Waals surface area contributed by atoms with Crippen molar-refractivity contribution in [2.75, 3.05) is 18.0 Å². The van der Waals surface area contributed by atoms with E-state index in [1.54, 1.807) is 4.90 Å². The van der Waals surface area contributed by atoms with Crippen LogP contribution in [0.1, 0.15) is 60.2 Å². The fraction of sp³-hybridized carbons (Fsp3) is 0.312. The summed E-state index contributed by atoms with van der Waals surface area (Å²) in [4.78, 5) is 30.7. The Labute approximate surface area is 220 Å². The van der Waals surface area contributed by atoms with E-state index in [1.165, 1.54) is 0 Å². The molecular formula is C32H36N2O3. The molecule has 0 saturated carbocycles. The summed E-state index contributed by atoms with van der Waals surface area (Å²) in [7, 11) is 0. The molecule has 3 aromatic rings. The number of aliphatic hydroxyl groups is 1. The Morgan fingerprint density at radius 1 is 0.892 bits per heavy atom. The SMILES string of the molecule is CCc1ccc(/C(O)=C2/C(=O)C(=O)N(Cc3cc(C)ccc3C)C2c2ccc(N(CC)CC)cc2)cc1. The first-order valence-electron chi connectivity index (χ1n) is 13.1. The number of amides is 1. The van der Waals surface area contributed by atoms with Crippen LogP contribution in [0, 0.1) is 13.8 Å². The predicted molar refractivity (Wildman–Crippen MR) is 150 cm³/mol. The van der Waals surface area contributed by atoms with E-state index >= 15 is 0 Å². The van der Waals surface area contributed by atoms with Crippen molar-refractivity contribution in [3.63, 3.8) is 0 Å². The summed E-state index contributed by atoms with van der Waals surface area (Å²) in [6.45, 7) is 12.4. The quantitative estimate of drug-likeness (QED) is 0.225. The van der Waals surface area contributed by atoms with Crippen molar-refractivity contribution in [3.8, 4) is 0 Å². The molecule has 0 bridgehead atoms. The van der Waals surface area contributed by atoms with Gasteiger partial charge in [0.25, 0.3) is 11.7 Å². The van der Waals surface area contributed by atoms with Crippen molar-refractivity contribution in [2.24, 2.45) is 0 Å². The number of Topliss-reactive ketones (excluding diaryl/α,β-unsaturated/α-hetero) is 1. The number of nitrogens with zero attached hydrogens (tertiary/aromatic N) is 2. The minimum absolute atomic E-state index is 0.134. The zero-order valence-corrected chi connectivity index (χ0v) is 22.4. The summed E-state index contributed by atoms with van der Waals surface area (Å²) >= 11 is 0. The third kappa shape index (κ3) is 5.17. The van der Waals surface area contributed by atoms with Crippen molar-refractivity contribution < 1.29 is 14.7 Å². The van der Waals surface area contributed by atoms with E-state index in [4.69, 9.17) is 0 Å². The molecule has 1 unspecified atom stereocenters. The number of aliphatic hydroxyl groups excluding tert-OH is 1. The Morgan fingerprint density at radius 2 is 1.54 bits per heavy atom. The number of likely N-dealkylation sites (tertiary alicyclic amines) is 1. The topological polar surface area (TPSA) is 60.9 Å². The molecule has 1 saturated heterocycles. The highest BCUT2D eigenvalue weighted by molar-refractivity contribution is 6.46. The summed E-state index contributed by atoms with van der Waals surface area (Å²) in [6, 6.07) is 20.9. The van der Waals surface area contributed by atoms with Crippen molar-refractivity contribution in [2.45, 2.75) is 53.6 Å². The zero-order chi connectivity index (χ0) is 26.7. The maximum absolute atomic E-state index is 13.4. The molecule has 0 aromatic heterocycles. The number of ketones is 1. The van der Waals surface area contributed by atoms with Crippen molar-refractivity contribution in [1.82, 2.24) is 4.90 Å². The third-order valence-corrected chi connectivity index (χ3v) is 7.36. The average molecular weight is 497 g/mol. The Bertz CT molecular complexity index is 1320. The van der Waals surface area contributed by atoms with E-state index in [0.717, 1.165) is 53.0 Å². The lowest BCUT2D eigenvalue weighted by Gasteiger charge is -2.27. The maximum atomic E-state index is 13.4. The first-order chi connectivity index (χ1) is 17.8. The minimum Gasteiger partial charge on any atom is -0.507 e. The molecule has 192 valence electrons. The maximum Gasteiger partial charge on any atom is 0.295 e. The molecule has 4 rings (SSSR count). The molecule has 5 nitrogen and oxygen atoms in total. The second-order valence-corrected chi connectivity index (χ2v) is 9.67. The lowest BCUT2D eigenvalue weighted by Crippen LogP contribution is -2.29. The minimum atomic E-state index is -0.684. The van der Waals surface area contributed by atoms with Crippen LogP contribution >= 0.6 is 0 Å². The van der Waals surface area contributed by atoms with Crippen LogP contribution in [0.5, 0.6) is 0 Å². The fourth-order valence-electron chi connectivity index (χ4n) is 5.05. The van der Waals surface area contributed by atoms with Gasteiger partial charge < -0.3 is 14.9 Å². The zero-order valence-electron chi connectivity index (χ0n) is 22.4. The van der Waals surface area contributed by atoms with Gasteiger partial charge in [-0.3, -0.25) is 9.59 Å². The first-order valence-corrected chi connectivity index (χ1v) is 13.1. The molecule has 0 spiro atoms. The second kappa shape index (κ2) is 11.0. The Kier molecular flexibility index (Phi) is 7.82. The summed E-state index contributed by atoms with van der Waals surface area (Å²) in [5.74, 6) is -1.38. The number of hydrogen-bond donors (Lipinski definition) is 1. The lowest BCUT2D eigenvalue weighted by molar-refractivity contribution is -0.140. The molecule has 1 N–H and O–H groups in total. The van der Waals surface area contributed by atoms with Crippen molar-refractivity contribution in [1.29, 1.82) is 0 Å². The van der Waals surface area contributed by atoms with E-state index in [0.29, 0.717) is 5.56 Å². The molecule has 1 aliphatic rings. The van der Waals surface area contributed by atoms with Crippen LogP contribution in [-0.4, -0.2) is 34.8 Å². The molecule has 0 aliphatic carbocycles. The smallest absolute Gasteiger partial charge is 0.295 e. The Hall–Kier alpha value is -3.86. The number of rotatable bonds is 8. The van der Waals surface area contributed by atoms with Gasteiger partial charge >= 0.3 is 0 Å². The number of benzene rings is 3. The summed E-state index contributed by atoms with van der Waals surface area (Å²) in [5, 5.41) is 11.4. The average Bonchev–Trinajstić information content (AvgIpc) is 3.16. The largest absolute Gasteiger partial charge is 0.507 e. The van der Waals surface area contributed by atoms with Gasteiger partial charge in [0.05, 0.1) is 11.6 Å². The molecular weight excluding hydrogens is 460 g/mol. The first kappa shape index (κ1) is 26.2. The number of carbonyl (C=O) groups is 2. The highest BCUT2D eigenvalue weighted by Crippen LogP contribution is 2.41. The summed E-state index contributed by atoms with van der Waals surface area (Å²) < 4.78 is 0. The van der Waals surface area contributed by atoms with Crippen molar-refractivity contribution >= 4 is 23.1 Å². The molecule has 1 heterocycles. The van der Waals surface area contributed by atoms with E-state index < -0.39 is 17.7 Å². The highest BCUT2D eigenvalue weighted by atomic mass is 16.3. The second-order valence-electron chi connectivity index (χ2n) is 9.67. The number of hydrogen-bond acceptors (Lipinski definition) is 4. The molecule has 1 aliphatic heterocycles. The van der Waals surface area contributed by atoms with Crippen LogP contribution in [0.15, 0.2) is 72.3 Å². The monoisotopic (exact) mass is 496 g/mol. The van der Waals surface area contributed by atoms with E-state index in [2.05, 4.69) is 31.7 Å². The van der Waals surface area contributed by atoms with Gasteiger partial charge in [0.15, 0.2) is 0 Å². The van der Waals surface area contributed by atoms with Gasteiger partial charge in [0.2, 0.25) is 0 Å². The van der Waals surface area contributed by atoms with Gasteiger partial charge in [-0.2, -0.15) is 0 Å². The van der Waals surface area contributed by atoms with Gasteiger partial charge in [-0.25, -0.2) is 0 Å². The van der Waals surface area contributed by atoms with E-state index in [1.807, 2.05) is 74.5 Å². The van der Waals surface area contributed by atoms with E-state index in [-0.39, 0.29) is 17.9 Å². The van der Waals surface area contributed by atoms with Gasteiger partial charge in [-0.1, -0.05) is 67.1 Å². The third-order valence-electron chi connectivity index (χ3n) is 7.36. The van der Waals surface area contributed by atoms with Crippen molar-refractivity contribution in [3.05, 3.63) is 106 Å². The number of anilines is 1. The Morgan fingerprint density at radius 3 is 2.14 bits per heavy atom. The van der Waals surface area contributed by atoms with E-state index in [9.17, 15) is 14.7 Å². The molecule has 5 heteroatoms. The van der Waals surface area contributed by atoms with Gasteiger partial charge in [0.1, 0.15) is 5.76 Å². The highest BCUT2D eigenvalue weighted by Gasteiger charge is 2.46. The number of aryl methyl sites for hydroxylation is 3. The van der Waals surface area contributed by atoms with Crippen LogP contribution in [0.4, 0.5) is 5.69 Å². The predicted octanol–water partition coefficient (Wildman–Crippen LogP) is 6.33. The lowest BCUT2D eigenvalue weighted by atomic mass is 9.94. The van der Waals surface area contributed by atoms with Gasteiger partial charge in [0, 0.05) is 30.9 Å². The normalized spacial score (nSPS) is 16.9. The molecule has 37 heavy (non-hydrogen) atoms. The van der Waals surface area contributed by atoms with Crippen LogP contribution in [0.25, 0.3) is 5.76 Å². The summed E-state index contributed by atoms with van der Waals surface area (Å²) in [5.41, 5.74) is 6.81. The fourth-order valence-corrected chi connectivity index (χ4v) is 5.05. The standard InChI is InChI=1S/C32H36N2O3/c1-6-23-11-13-25(14-12-23)30(35)28-29(24-15-17-27(18-16-24)33(7-2)8-3)34(32(37)31(28)36)20-26-19-21(4)9-10-22(26)5/h9-19,29,35H,6-8,20H2,1-5H3/b30-28-. The van der Waals surface area contributed by atoms with Crippen LogP contribution in [-0.2, 0) is 22.6 Å². The molecule has 1 amide bonds. The van der Waals surface area contributed by atoms with Gasteiger partial charge in [-0.15, -0.1) is 0 Å². The molecule has 0 radical (unpaired) electrons. The molecule has 1 fully saturated rings. The Balaban J connectivity index is 1.84. The summed E-state index contributed by atoms with van der Waals surface area (Å²) in [6.07, 6.45) is 0.875. The molecule has 3 aromatic carbocycles. The van der Waals surface area contributed by atoms with Crippen LogP contribution < -0.4 is 4.90 Å². The van der Waals surface area contributed by atoms with Crippen LogP contribution in [0.2, 0.25) is 0 Å². The number of carbonyl (C=O) groups excluding carboxylic acids is 2.